The van der Waals surface area contributed by atoms with Gasteiger partial charge >= 0.3 is 0 Å². The molecule has 27 heavy (non-hydrogen) atoms. The number of carbonyl (C=O) groups excluding carboxylic acids is 1. The first-order chi connectivity index (χ1) is 13.0. The van der Waals surface area contributed by atoms with Gasteiger partial charge in [0.25, 0.3) is 5.91 Å². The van der Waals surface area contributed by atoms with E-state index in [9.17, 15) is 4.79 Å². The Balaban J connectivity index is 1.59. The van der Waals surface area contributed by atoms with Crippen molar-refractivity contribution in [2.24, 2.45) is 11.8 Å². The second-order valence-corrected chi connectivity index (χ2v) is 9.42. The summed E-state index contributed by atoms with van der Waals surface area (Å²) in [5.74, 6) is 1.35. The quantitative estimate of drug-likeness (QED) is 0.791. The summed E-state index contributed by atoms with van der Waals surface area (Å²) in [5, 5.41) is 0.682. The summed E-state index contributed by atoms with van der Waals surface area (Å²) in [5.41, 5.74) is 1.68. The molecule has 0 saturated carbocycles. The van der Waals surface area contributed by atoms with Crippen molar-refractivity contribution < 1.29 is 4.79 Å². The molecule has 3 heterocycles. The van der Waals surface area contributed by atoms with Crippen LogP contribution in [0, 0.1) is 18.8 Å². The number of benzene rings is 1. The number of rotatable bonds is 3. The van der Waals surface area contributed by atoms with Gasteiger partial charge in [0.2, 0.25) is 0 Å². The molecule has 0 aliphatic carbocycles. The molecule has 0 unspecified atom stereocenters. The number of likely N-dealkylation sites (N-methyl/N-ethyl adjacent to an activating group) is 1. The molecule has 3 saturated heterocycles. The van der Waals surface area contributed by atoms with Gasteiger partial charge in [0.15, 0.2) is 0 Å². The lowest BCUT2D eigenvalue weighted by Crippen LogP contribution is -2.65. The number of hydrogen-bond donors (Lipinski definition) is 0. The van der Waals surface area contributed by atoms with Crippen LogP contribution in [0.25, 0.3) is 0 Å². The van der Waals surface area contributed by atoms with Gasteiger partial charge in [-0.3, -0.25) is 9.69 Å². The predicted molar refractivity (Wildman–Crippen MR) is 110 cm³/mol. The van der Waals surface area contributed by atoms with Crippen molar-refractivity contribution >= 4 is 17.5 Å². The molecule has 1 aromatic carbocycles. The van der Waals surface area contributed by atoms with Crippen LogP contribution in [0.15, 0.2) is 18.2 Å². The van der Waals surface area contributed by atoms with E-state index in [0.29, 0.717) is 28.9 Å². The fourth-order valence-corrected chi connectivity index (χ4v) is 5.88. The molecule has 0 spiro atoms. The Kier molecular flexibility index (Phi) is 5.50. The fraction of sp³-hybridized carbons (Fsp3) is 0.682. The molecule has 1 aromatic rings. The first kappa shape index (κ1) is 19.2. The van der Waals surface area contributed by atoms with Gasteiger partial charge in [-0.1, -0.05) is 24.1 Å². The summed E-state index contributed by atoms with van der Waals surface area (Å²) in [6.07, 6.45) is 5.22. The van der Waals surface area contributed by atoms with E-state index >= 15 is 0 Å². The number of nitrogens with zero attached hydrogens (tertiary/aromatic N) is 3. The highest BCUT2D eigenvalue weighted by molar-refractivity contribution is 6.31. The zero-order valence-corrected chi connectivity index (χ0v) is 17.6. The largest absolute Gasteiger partial charge is 0.338 e. The third-order valence-electron chi connectivity index (χ3n) is 6.96. The van der Waals surface area contributed by atoms with Crippen LogP contribution in [0.5, 0.6) is 0 Å². The Morgan fingerprint density at radius 3 is 2.78 bits per heavy atom. The van der Waals surface area contributed by atoms with Gasteiger partial charge in [0, 0.05) is 42.3 Å². The molecule has 148 valence electrons. The second-order valence-electron chi connectivity index (χ2n) is 9.01. The molecule has 1 amide bonds. The van der Waals surface area contributed by atoms with Gasteiger partial charge in [0.1, 0.15) is 0 Å². The average molecular weight is 390 g/mol. The van der Waals surface area contributed by atoms with Crippen LogP contribution < -0.4 is 0 Å². The van der Waals surface area contributed by atoms with Crippen molar-refractivity contribution in [3.8, 4) is 0 Å². The standard InChI is InChI=1S/C22H32ClN3O/c1-15-18(7-6-8-19(15)23)22(27)25-12-16-11-17(13-25)21(14-24(2)3)26-10-5-4-9-20(16)26/h6-8,16-17,20-21H,4-5,9-14H2,1-3H3/t16-,17+,20+,21+/m1/s1. The first-order valence-corrected chi connectivity index (χ1v) is 10.8. The minimum Gasteiger partial charge on any atom is -0.338 e. The van der Waals surface area contributed by atoms with E-state index in [-0.39, 0.29) is 5.91 Å². The summed E-state index contributed by atoms with van der Waals surface area (Å²) >= 11 is 6.28. The van der Waals surface area contributed by atoms with E-state index in [2.05, 4.69) is 28.8 Å². The van der Waals surface area contributed by atoms with Crippen LogP contribution in [0.3, 0.4) is 0 Å². The molecule has 2 bridgehead atoms. The predicted octanol–water partition coefficient (Wildman–Crippen LogP) is 3.53. The van der Waals surface area contributed by atoms with Gasteiger partial charge in [-0.05, 0) is 76.4 Å². The first-order valence-electron chi connectivity index (χ1n) is 10.4. The zero-order chi connectivity index (χ0) is 19.1. The Morgan fingerprint density at radius 1 is 1.22 bits per heavy atom. The fourth-order valence-electron chi connectivity index (χ4n) is 5.71. The molecule has 4 atom stereocenters. The molecule has 3 fully saturated rings. The molecule has 4 rings (SSSR count). The smallest absolute Gasteiger partial charge is 0.254 e. The van der Waals surface area contributed by atoms with Crippen LogP contribution in [-0.4, -0.2) is 73.0 Å². The Bertz CT molecular complexity index is 707. The lowest BCUT2D eigenvalue weighted by molar-refractivity contribution is -0.0702. The van der Waals surface area contributed by atoms with Gasteiger partial charge in [-0.15, -0.1) is 0 Å². The summed E-state index contributed by atoms with van der Waals surface area (Å²) in [7, 11) is 4.35. The highest BCUT2D eigenvalue weighted by Gasteiger charge is 2.48. The molecule has 0 aromatic heterocycles. The van der Waals surface area contributed by atoms with Crippen molar-refractivity contribution in [3.63, 3.8) is 0 Å². The minimum absolute atomic E-state index is 0.164. The summed E-state index contributed by atoms with van der Waals surface area (Å²) in [6, 6.07) is 6.91. The van der Waals surface area contributed by atoms with Crippen LogP contribution in [-0.2, 0) is 0 Å². The molecule has 3 aliphatic heterocycles. The number of carbonyl (C=O) groups is 1. The van der Waals surface area contributed by atoms with E-state index in [4.69, 9.17) is 11.6 Å². The summed E-state index contributed by atoms with van der Waals surface area (Å²) in [6.45, 7) is 6.06. The summed E-state index contributed by atoms with van der Waals surface area (Å²) < 4.78 is 0. The van der Waals surface area contributed by atoms with Gasteiger partial charge in [0.05, 0.1) is 0 Å². The van der Waals surface area contributed by atoms with Crippen LogP contribution in [0.4, 0.5) is 0 Å². The maximum atomic E-state index is 13.3. The van der Waals surface area contributed by atoms with E-state index in [1.54, 1.807) is 0 Å². The van der Waals surface area contributed by atoms with Gasteiger partial charge in [-0.25, -0.2) is 0 Å². The highest BCUT2D eigenvalue weighted by atomic mass is 35.5. The summed E-state index contributed by atoms with van der Waals surface area (Å²) in [4.78, 5) is 20.6. The lowest BCUT2D eigenvalue weighted by atomic mass is 9.72. The lowest BCUT2D eigenvalue weighted by Gasteiger charge is -2.57. The Morgan fingerprint density at radius 2 is 2.00 bits per heavy atom. The van der Waals surface area contributed by atoms with E-state index in [1.807, 2.05) is 25.1 Å². The molecule has 0 radical (unpaired) electrons. The minimum atomic E-state index is 0.164. The van der Waals surface area contributed by atoms with Crippen molar-refractivity contribution in [2.75, 3.05) is 40.3 Å². The molecule has 3 aliphatic rings. The maximum Gasteiger partial charge on any atom is 0.254 e. The van der Waals surface area contributed by atoms with Crippen LogP contribution in [0.2, 0.25) is 5.02 Å². The highest BCUT2D eigenvalue weighted by Crippen LogP contribution is 2.41. The Labute approximate surface area is 168 Å². The van der Waals surface area contributed by atoms with Crippen molar-refractivity contribution in [1.82, 2.24) is 14.7 Å². The van der Waals surface area contributed by atoms with E-state index < -0.39 is 0 Å². The average Bonchev–Trinajstić information content (AvgIpc) is 2.66. The number of hydrogen-bond acceptors (Lipinski definition) is 3. The van der Waals surface area contributed by atoms with Gasteiger partial charge in [-0.2, -0.15) is 0 Å². The van der Waals surface area contributed by atoms with Crippen molar-refractivity contribution in [3.05, 3.63) is 34.3 Å². The number of halogens is 1. The SMILES string of the molecule is Cc1c(Cl)cccc1C(=O)N1C[C@H]2C[C@@H](C1)[C@H](CN(C)C)N1CCCC[C@@H]21. The van der Waals surface area contributed by atoms with Crippen molar-refractivity contribution in [2.45, 2.75) is 44.7 Å². The molecule has 4 nitrogen and oxygen atoms in total. The number of amides is 1. The Hall–Kier alpha value is -1.10. The number of fused-ring (bicyclic) bond motifs is 4. The van der Waals surface area contributed by atoms with Crippen molar-refractivity contribution in [1.29, 1.82) is 0 Å². The third kappa shape index (κ3) is 3.64. The normalized spacial score (nSPS) is 31.1. The van der Waals surface area contributed by atoms with Crippen LogP contribution >= 0.6 is 11.6 Å². The number of piperidine rings is 3. The topological polar surface area (TPSA) is 26.8 Å². The molecular weight excluding hydrogens is 358 g/mol. The maximum absolute atomic E-state index is 13.3. The third-order valence-corrected chi connectivity index (χ3v) is 7.37. The molecular formula is C22H32ClN3O. The van der Waals surface area contributed by atoms with Gasteiger partial charge < -0.3 is 9.80 Å². The monoisotopic (exact) mass is 389 g/mol. The number of likely N-dealkylation sites (tertiary alicyclic amines) is 1. The van der Waals surface area contributed by atoms with Crippen LogP contribution in [0.1, 0.15) is 41.6 Å². The zero-order valence-electron chi connectivity index (χ0n) is 16.8. The molecule has 5 heteroatoms. The second kappa shape index (κ2) is 7.73. The molecule has 0 N–H and O–H groups in total. The van der Waals surface area contributed by atoms with E-state index in [0.717, 1.165) is 30.8 Å². The van der Waals surface area contributed by atoms with E-state index in [1.165, 1.54) is 32.2 Å².